The zero-order valence-electron chi connectivity index (χ0n) is 22.8. The van der Waals surface area contributed by atoms with Gasteiger partial charge in [-0.1, -0.05) is 24.1 Å². The van der Waals surface area contributed by atoms with E-state index < -0.39 is 0 Å². The molecule has 4 fully saturated rings. The fraction of sp³-hybridized carbons (Fsp3) is 0.406. The van der Waals surface area contributed by atoms with Gasteiger partial charge >= 0.3 is 0 Å². The number of likely N-dealkylation sites (N-methyl/N-ethyl adjacent to an activating group) is 1. The largest absolute Gasteiger partial charge is 0.341 e. The van der Waals surface area contributed by atoms with Gasteiger partial charge in [-0.2, -0.15) is 0 Å². The van der Waals surface area contributed by atoms with E-state index in [0.717, 1.165) is 64.4 Å². The number of fused-ring (bicyclic) bond motifs is 3. The first-order valence-electron chi connectivity index (χ1n) is 14.4. The van der Waals surface area contributed by atoms with Gasteiger partial charge in [0.25, 0.3) is 0 Å². The first-order valence-corrected chi connectivity index (χ1v) is 14.4. The molecule has 6 atom stereocenters. The minimum absolute atomic E-state index is 0.0191. The van der Waals surface area contributed by atoms with Crippen molar-refractivity contribution in [3.05, 3.63) is 71.7 Å². The number of nitrogens with one attached hydrogen (secondary N) is 3. The topological polar surface area (TPSA) is 92.9 Å². The van der Waals surface area contributed by atoms with Crippen LogP contribution in [0.5, 0.6) is 0 Å². The smallest absolute Gasteiger partial charge is 0.237 e. The lowest BCUT2D eigenvalue weighted by molar-refractivity contribution is -0.132. The number of amides is 1. The van der Waals surface area contributed by atoms with Gasteiger partial charge in [0.1, 0.15) is 17.3 Å². The number of hydrogen-bond acceptors (Lipinski definition) is 5. The maximum absolute atomic E-state index is 12.7. The lowest BCUT2D eigenvalue weighted by Crippen LogP contribution is -2.39. The molecular formula is C32H33N7O. The Bertz CT molecular complexity index is 1690. The number of carbonyl (C=O) groups is 1. The summed E-state index contributed by atoms with van der Waals surface area (Å²) in [6.45, 7) is 0.359. The summed E-state index contributed by atoms with van der Waals surface area (Å²) < 4.78 is 0. The third-order valence-electron chi connectivity index (χ3n) is 9.46. The Balaban J connectivity index is 0.982. The van der Waals surface area contributed by atoms with Gasteiger partial charge in [0.2, 0.25) is 5.91 Å². The van der Waals surface area contributed by atoms with Crippen LogP contribution in [0.25, 0.3) is 22.0 Å². The highest BCUT2D eigenvalue weighted by Gasteiger charge is 2.55. The quantitative estimate of drug-likeness (QED) is 0.339. The molecule has 4 aromatic rings. The van der Waals surface area contributed by atoms with E-state index in [2.05, 4.69) is 80.5 Å². The molecule has 2 saturated carbocycles. The van der Waals surface area contributed by atoms with Crippen molar-refractivity contribution in [3.63, 3.8) is 0 Å². The van der Waals surface area contributed by atoms with Crippen molar-refractivity contribution < 1.29 is 4.79 Å². The van der Waals surface area contributed by atoms with Gasteiger partial charge in [-0.15, -0.1) is 0 Å². The molecule has 8 rings (SSSR count). The van der Waals surface area contributed by atoms with E-state index in [1.165, 1.54) is 18.2 Å². The molecule has 2 aromatic carbocycles. The minimum atomic E-state index is 0.0191. The van der Waals surface area contributed by atoms with Crippen LogP contribution >= 0.6 is 0 Å². The molecule has 8 heteroatoms. The van der Waals surface area contributed by atoms with E-state index in [4.69, 9.17) is 4.98 Å². The van der Waals surface area contributed by atoms with Crippen molar-refractivity contribution >= 4 is 16.7 Å². The Morgan fingerprint density at radius 1 is 0.925 bits per heavy atom. The van der Waals surface area contributed by atoms with Gasteiger partial charge < -0.3 is 20.2 Å². The fourth-order valence-corrected chi connectivity index (χ4v) is 7.13. The third-order valence-corrected chi connectivity index (χ3v) is 9.46. The molecule has 2 aliphatic heterocycles. The average Bonchev–Trinajstić information content (AvgIpc) is 3.61. The number of aromatic amines is 2. The van der Waals surface area contributed by atoms with Gasteiger partial charge in [-0.05, 0) is 86.5 Å². The van der Waals surface area contributed by atoms with Crippen LogP contribution < -0.4 is 5.32 Å². The van der Waals surface area contributed by atoms with Crippen molar-refractivity contribution in [3.8, 4) is 23.1 Å². The summed E-state index contributed by atoms with van der Waals surface area (Å²) in [5, 5.41) is 5.32. The van der Waals surface area contributed by atoms with Gasteiger partial charge in [-0.25, -0.2) is 9.97 Å². The molecule has 0 spiro atoms. The molecule has 0 unspecified atom stereocenters. The maximum Gasteiger partial charge on any atom is 0.237 e. The maximum atomic E-state index is 12.7. The van der Waals surface area contributed by atoms with E-state index in [0.29, 0.717) is 24.5 Å². The van der Waals surface area contributed by atoms with Crippen LogP contribution in [-0.4, -0.2) is 68.4 Å². The first kappa shape index (κ1) is 23.9. The number of rotatable bonds is 5. The summed E-state index contributed by atoms with van der Waals surface area (Å²) in [7, 11) is 4.04. The number of benzene rings is 2. The van der Waals surface area contributed by atoms with Crippen molar-refractivity contribution in [2.45, 2.75) is 49.9 Å². The Hall–Kier alpha value is -3.93. The second-order valence-electron chi connectivity index (χ2n) is 12.0. The van der Waals surface area contributed by atoms with Crippen LogP contribution in [-0.2, 0) is 4.79 Å². The predicted octanol–water partition coefficient (Wildman–Crippen LogP) is 4.00. The first-order chi connectivity index (χ1) is 19.6. The standard InChI is InChI=1S/C32H33N7O/c1-33-17-30(40)39-27-12-23(27)14-29(39)32-34-15-24(36-32)8-4-18-3-5-20-10-21(7-6-19(20)9-18)25-16-35-31(37-25)28-13-22-11-26(22)38(28)2/h3,5-7,9-10,15-16,22-23,26-29,33H,11-14,17H2,1-2H3,(H,34,36)(H,35,37)/t22-,23-,26-,27-,28+,29+/m1/s1. The van der Waals surface area contributed by atoms with Crippen LogP contribution in [0.3, 0.4) is 0 Å². The van der Waals surface area contributed by atoms with Gasteiger partial charge in [0.05, 0.1) is 36.7 Å². The van der Waals surface area contributed by atoms with E-state index >= 15 is 0 Å². The predicted molar refractivity (Wildman–Crippen MR) is 153 cm³/mol. The Kier molecular flexibility index (Phi) is 5.41. The van der Waals surface area contributed by atoms with Crippen LogP contribution in [0.15, 0.2) is 48.8 Å². The monoisotopic (exact) mass is 531 g/mol. The second kappa shape index (κ2) is 9.05. The SMILES string of the molecule is CNCC(=O)N1[C@@H]2C[C@@H]2C[C@H]1c1ncc(C#Cc2ccc3cc(-c4cnc([C@@H]5C[C@H]6C[C@H]6N5C)[nH]4)ccc3c2)[nH]1. The fourth-order valence-electron chi connectivity index (χ4n) is 7.13. The third kappa shape index (κ3) is 4.04. The normalized spacial score (nSPS) is 28.3. The number of aromatic nitrogens is 4. The Morgan fingerprint density at radius 3 is 2.52 bits per heavy atom. The molecule has 8 nitrogen and oxygen atoms in total. The molecule has 0 bridgehead atoms. The van der Waals surface area contributed by atoms with E-state index in [1.54, 1.807) is 6.20 Å². The van der Waals surface area contributed by atoms with Gasteiger partial charge in [0.15, 0.2) is 0 Å². The van der Waals surface area contributed by atoms with E-state index in [9.17, 15) is 4.79 Å². The van der Waals surface area contributed by atoms with Crippen molar-refractivity contribution in [1.29, 1.82) is 0 Å². The highest BCUT2D eigenvalue weighted by molar-refractivity contribution is 5.88. The number of nitrogens with zero attached hydrogens (tertiary/aromatic N) is 4. The second-order valence-corrected chi connectivity index (χ2v) is 12.0. The summed E-state index contributed by atoms with van der Waals surface area (Å²) in [5.41, 5.74) is 3.94. The average molecular weight is 532 g/mol. The molecular weight excluding hydrogens is 498 g/mol. The van der Waals surface area contributed by atoms with E-state index in [1.807, 2.05) is 18.1 Å². The molecule has 4 heterocycles. The van der Waals surface area contributed by atoms with Crippen LogP contribution in [0, 0.1) is 23.7 Å². The highest BCUT2D eigenvalue weighted by Crippen LogP contribution is 2.53. The van der Waals surface area contributed by atoms with Crippen LogP contribution in [0.1, 0.15) is 60.7 Å². The number of hydrogen-bond donors (Lipinski definition) is 3. The summed E-state index contributed by atoms with van der Waals surface area (Å²) >= 11 is 0. The van der Waals surface area contributed by atoms with Gasteiger partial charge in [-0.3, -0.25) is 9.69 Å². The van der Waals surface area contributed by atoms with Crippen LogP contribution in [0.4, 0.5) is 0 Å². The lowest BCUT2D eigenvalue weighted by Gasteiger charge is -2.26. The zero-order valence-corrected chi connectivity index (χ0v) is 22.8. The summed E-state index contributed by atoms with van der Waals surface area (Å²) in [4.78, 5) is 33.5. The molecule has 40 heavy (non-hydrogen) atoms. The molecule has 3 N–H and O–H groups in total. The summed E-state index contributed by atoms with van der Waals surface area (Å²) in [6.07, 6.45) is 8.41. The summed E-state index contributed by atoms with van der Waals surface area (Å²) in [6, 6.07) is 14.4. The Labute approximate surface area is 233 Å². The molecule has 4 aliphatic rings. The number of H-pyrrole nitrogens is 2. The van der Waals surface area contributed by atoms with Crippen molar-refractivity contribution in [2.24, 2.45) is 11.8 Å². The molecule has 2 aliphatic carbocycles. The van der Waals surface area contributed by atoms with E-state index in [-0.39, 0.29) is 11.9 Å². The van der Waals surface area contributed by atoms with Crippen LogP contribution in [0.2, 0.25) is 0 Å². The molecule has 2 saturated heterocycles. The number of likely N-dealkylation sites (tertiary alicyclic amines) is 2. The molecule has 0 radical (unpaired) electrons. The number of imidazole rings is 2. The lowest BCUT2D eigenvalue weighted by atomic mass is 10.0. The van der Waals surface area contributed by atoms with Crippen molar-refractivity contribution in [1.82, 2.24) is 35.1 Å². The van der Waals surface area contributed by atoms with Crippen molar-refractivity contribution in [2.75, 3.05) is 20.6 Å². The molecule has 1 amide bonds. The zero-order chi connectivity index (χ0) is 27.0. The Morgan fingerprint density at radius 2 is 1.68 bits per heavy atom. The molecule has 202 valence electrons. The number of carbonyl (C=O) groups excluding carboxylic acids is 1. The summed E-state index contributed by atoms with van der Waals surface area (Å²) in [5.74, 6) is 10.1. The minimum Gasteiger partial charge on any atom is -0.341 e. The number of piperidine rings is 2. The highest BCUT2D eigenvalue weighted by atomic mass is 16.2. The van der Waals surface area contributed by atoms with Gasteiger partial charge in [0, 0.05) is 23.2 Å². The molecule has 2 aromatic heterocycles.